The number of carbonyl (C=O) groups excluding carboxylic acids is 2. The van der Waals surface area contributed by atoms with Crippen molar-refractivity contribution in [3.8, 4) is 0 Å². The number of hydrogen-bond acceptors (Lipinski definition) is 3. The molecule has 36 heavy (non-hydrogen) atoms. The Hall–Kier alpha value is -2.76. The summed E-state index contributed by atoms with van der Waals surface area (Å²) in [6.45, 7) is 5.05. The molecule has 0 spiro atoms. The number of carbonyl (C=O) groups is 2. The van der Waals surface area contributed by atoms with Crippen molar-refractivity contribution in [1.29, 1.82) is 0 Å². The van der Waals surface area contributed by atoms with E-state index in [1.165, 1.54) is 5.56 Å². The predicted molar refractivity (Wildman–Crippen MR) is 151 cm³/mol. The van der Waals surface area contributed by atoms with E-state index in [1.807, 2.05) is 72.8 Å². The third kappa shape index (κ3) is 9.36. The van der Waals surface area contributed by atoms with Crippen molar-refractivity contribution in [2.75, 3.05) is 12.3 Å². The molecule has 0 aliphatic heterocycles. The summed E-state index contributed by atoms with van der Waals surface area (Å²) in [5, 5.41) is 3.71. The minimum atomic E-state index is -0.603. The van der Waals surface area contributed by atoms with Gasteiger partial charge in [0.15, 0.2) is 0 Å². The summed E-state index contributed by atoms with van der Waals surface area (Å²) in [4.78, 5) is 28.8. The molecule has 0 fully saturated rings. The number of thioether (sulfide) groups is 1. The van der Waals surface area contributed by atoms with Crippen molar-refractivity contribution in [2.24, 2.45) is 5.92 Å². The fourth-order valence-electron chi connectivity index (χ4n) is 3.83. The second-order valence-electron chi connectivity index (χ2n) is 9.28. The Balaban J connectivity index is 1.78. The lowest BCUT2D eigenvalue weighted by Gasteiger charge is -2.32. The highest BCUT2D eigenvalue weighted by Crippen LogP contribution is 2.19. The van der Waals surface area contributed by atoms with E-state index in [-0.39, 0.29) is 11.8 Å². The van der Waals surface area contributed by atoms with Crippen molar-refractivity contribution in [3.05, 3.63) is 107 Å². The van der Waals surface area contributed by atoms with Crippen molar-refractivity contribution >= 4 is 35.2 Å². The molecule has 6 heteroatoms. The fourth-order valence-corrected chi connectivity index (χ4v) is 4.85. The maximum absolute atomic E-state index is 13.6. The molecule has 3 aromatic carbocycles. The number of amides is 2. The van der Waals surface area contributed by atoms with Gasteiger partial charge in [-0.25, -0.2) is 0 Å². The van der Waals surface area contributed by atoms with Gasteiger partial charge >= 0.3 is 0 Å². The summed E-state index contributed by atoms with van der Waals surface area (Å²) in [5.74, 6) is 1.73. The molecular weight excluding hydrogens is 488 g/mol. The molecule has 0 saturated carbocycles. The summed E-state index contributed by atoms with van der Waals surface area (Å²) >= 11 is 7.82. The average molecular weight is 523 g/mol. The number of hydrogen-bond donors (Lipinski definition) is 1. The van der Waals surface area contributed by atoms with Crippen LogP contribution in [0.3, 0.4) is 0 Å². The zero-order valence-corrected chi connectivity index (χ0v) is 22.6. The van der Waals surface area contributed by atoms with Crippen molar-refractivity contribution < 1.29 is 9.59 Å². The van der Waals surface area contributed by atoms with Gasteiger partial charge in [-0.05, 0) is 34.7 Å². The monoisotopic (exact) mass is 522 g/mol. The van der Waals surface area contributed by atoms with Gasteiger partial charge in [0.05, 0.1) is 0 Å². The minimum absolute atomic E-state index is 0.0221. The Morgan fingerprint density at radius 1 is 0.861 bits per heavy atom. The van der Waals surface area contributed by atoms with E-state index in [0.717, 1.165) is 16.9 Å². The van der Waals surface area contributed by atoms with Gasteiger partial charge in [-0.15, -0.1) is 0 Å². The van der Waals surface area contributed by atoms with Gasteiger partial charge in [0.2, 0.25) is 11.8 Å². The van der Waals surface area contributed by atoms with Crippen LogP contribution in [0.15, 0.2) is 84.9 Å². The largest absolute Gasteiger partial charge is 0.354 e. The lowest BCUT2D eigenvalue weighted by Crippen LogP contribution is -2.51. The molecule has 4 nitrogen and oxygen atoms in total. The zero-order chi connectivity index (χ0) is 25.8. The van der Waals surface area contributed by atoms with Gasteiger partial charge in [-0.3, -0.25) is 9.59 Å². The number of rotatable bonds is 13. The Morgan fingerprint density at radius 2 is 1.47 bits per heavy atom. The van der Waals surface area contributed by atoms with Crippen LogP contribution in [0.1, 0.15) is 37.0 Å². The molecule has 0 bridgehead atoms. The number of nitrogens with zero attached hydrogens (tertiary/aromatic N) is 1. The molecule has 3 rings (SSSR count). The molecule has 0 aliphatic carbocycles. The highest BCUT2D eigenvalue weighted by molar-refractivity contribution is 7.98. The molecule has 3 aromatic rings. The van der Waals surface area contributed by atoms with Gasteiger partial charge in [0.25, 0.3) is 0 Å². The number of halogens is 1. The summed E-state index contributed by atoms with van der Waals surface area (Å²) in [7, 11) is 0. The van der Waals surface area contributed by atoms with Crippen LogP contribution in [0.4, 0.5) is 0 Å². The van der Waals surface area contributed by atoms with Gasteiger partial charge in [-0.2, -0.15) is 11.8 Å². The summed E-state index contributed by atoms with van der Waals surface area (Å²) in [6, 6.07) is 27.0. The van der Waals surface area contributed by atoms with E-state index in [4.69, 9.17) is 11.6 Å². The second-order valence-corrected chi connectivity index (χ2v) is 10.8. The maximum atomic E-state index is 13.6. The summed E-state index contributed by atoms with van der Waals surface area (Å²) < 4.78 is 0. The van der Waals surface area contributed by atoms with E-state index in [1.54, 1.807) is 16.7 Å². The van der Waals surface area contributed by atoms with Crippen LogP contribution in [-0.4, -0.2) is 35.1 Å². The van der Waals surface area contributed by atoms with Crippen molar-refractivity contribution in [3.63, 3.8) is 0 Å². The third-order valence-corrected chi connectivity index (χ3v) is 7.08. The predicted octanol–water partition coefficient (Wildman–Crippen LogP) is 6.38. The Bertz CT molecular complexity index is 1080. The first-order valence-electron chi connectivity index (χ1n) is 12.4. The molecule has 0 aliphatic rings. The first kappa shape index (κ1) is 27.8. The van der Waals surface area contributed by atoms with Crippen LogP contribution in [0.5, 0.6) is 0 Å². The molecule has 0 unspecified atom stereocenters. The molecule has 0 aromatic heterocycles. The first-order valence-corrected chi connectivity index (χ1v) is 13.9. The average Bonchev–Trinajstić information content (AvgIpc) is 2.89. The lowest BCUT2D eigenvalue weighted by molar-refractivity contribution is -0.141. The van der Waals surface area contributed by atoms with Gasteiger partial charge in [0.1, 0.15) is 6.04 Å². The fraction of sp³-hybridized carbons (Fsp3) is 0.333. The smallest absolute Gasteiger partial charge is 0.243 e. The molecule has 0 radical (unpaired) electrons. The van der Waals surface area contributed by atoms with E-state index in [9.17, 15) is 9.59 Å². The highest BCUT2D eigenvalue weighted by atomic mass is 35.5. The minimum Gasteiger partial charge on any atom is -0.354 e. The topological polar surface area (TPSA) is 49.4 Å². The van der Waals surface area contributed by atoms with Crippen LogP contribution < -0.4 is 5.32 Å². The normalized spacial score (nSPS) is 11.8. The molecule has 190 valence electrons. The molecule has 0 heterocycles. The van der Waals surface area contributed by atoms with Crippen molar-refractivity contribution in [2.45, 2.75) is 45.0 Å². The van der Waals surface area contributed by atoms with Crippen molar-refractivity contribution in [1.82, 2.24) is 10.2 Å². The van der Waals surface area contributed by atoms with Gasteiger partial charge in [-0.1, -0.05) is 98.2 Å². The van der Waals surface area contributed by atoms with Crippen LogP contribution in [0, 0.1) is 5.92 Å². The van der Waals surface area contributed by atoms with Gasteiger partial charge < -0.3 is 10.2 Å². The zero-order valence-electron chi connectivity index (χ0n) is 21.0. The lowest BCUT2D eigenvalue weighted by atomic mass is 10.0. The third-order valence-electron chi connectivity index (χ3n) is 5.79. The highest BCUT2D eigenvalue weighted by Gasteiger charge is 2.30. The van der Waals surface area contributed by atoms with Crippen LogP contribution in [-0.2, 0) is 28.3 Å². The van der Waals surface area contributed by atoms with E-state index < -0.39 is 6.04 Å². The SMILES string of the molecule is CC(C)CNC(=O)[C@H](Cc1ccccc1)N(Cc1ccc(Cl)cc1)C(=O)CCSCc1ccccc1. The molecule has 0 saturated heterocycles. The Labute approximate surface area is 224 Å². The molecule has 2 amide bonds. The molecule has 1 atom stereocenters. The first-order chi connectivity index (χ1) is 17.4. The van der Waals surface area contributed by atoms with E-state index >= 15 is 0 Å². The maximum Gasteiger partial charge on any atom is 0.243 e. The molecule has 1 N–H and O–H groups in total. The number of benzene rings is 3. The van der Waals surface area contributed by atoms with Crippen LogP contribution in [0.25, 0.3) is 0 Å². The second kappa shape index (κ2) is 14.7. The summed E-state index contributed by atoms with van der Waals surface area (Å²) in [5.41, 5.74) is 3.21. The number of nitrogens with one attached hydrogen (secondary N) is 1. The standard InChI is InChI=1S/C30H35ClN2O2S/c1-23(2)20-32-30(35)28(19-24-9-5-3-6-10-24)33(21-25-13-15-27(31)16-14-25)29(34)17-18-36-22-26-11-7-4-8-12-26/h3-16,23,28H,17-22H2,1-2H3,(H,32,35)/t28-/m0/s1. The molecular formula is C30H35ClN2O2S. The van der Waals surface area contributed by atoms with E-state index in [0.29, 0.717) is 42.6 Å². The summed E-state index contributed by atoms with van der Waals surface area (Å²) in [6.07, 6.45) is 0.828. The van der Waals surface area contributed by atoms with Crippen LogP contribution in [0.2, 0.25) is 5.02 Å². The van der Waals surface area contributed by atoms with E-state index in [2.05, 4.69) is 31.3 Å². The van der Waals surface area contributed by atoms with Gasteiger partial charge in [0, 0.05) is 42.5 Å². The quantitative estimate of drug-likeness (QED) is 0.265. The Kier molecular flexibility index (Phi) is 11.4. The van der Waals surface area contributed by atoms with Crippen LogP contribution >= 0.6 is 23.4 Å². The Morgan fingerprint density at radius 3 is 2.08 bits per heavy atom.